The summed E-state index contributed by atoms with van der Waals surface area (Å²) in [6.07, 6.45) is 3.51. The molecule has 6 nitrogen and oxygen atoms in total. The first-order valence-corrected chi connectivity index (χ1v) is 12.0. The van der Waals surface area contributed by atoms with Crippen molar-refractivity contribution in [2.45, 2.75) is 57.7 Å². The number of hydrogen-bond acceptors (Lipinski definition) is 4. The van der Waals surface area contributed by atoms with Crippen LogP contribution in [0.3, 0.4) is 0 Å². The maximum atomic E-state index is 13.4. The minimum absolute atomic E-state index is 0.292. The van der Waals surface area contributed by atoms with Crippen molar-refractivity contribution in [1.29, 1.82) is 0 Å². The molecule has 0 bridgehead atoms. The van der Waals surface area contributed by atoms with Gasteiger partial charge in [-0.05, 0) is 24.8 Å². The Bertz CT molecular complexity index is 1020. The maximum Gasteiger partial charge on any atom is 0.272 e. The second-order valence-corrected chi connectivity index (χ2v) is 9.16. The van der Waals surface area contributed by atoms with Gasteiger partial charge in [-0.1, -0.05) is 81.1 Å². The smallest absolute Gasteiger partial charge is 0.272 e. The Morgan fingerprint density at radius 1 is 1.15 bits per heavy atom. The van der Waals surface area contributed by atoms with Gasteiger partial charge < -0.3 is 15.3 Å². The number of amides is 2. The van der Waals surface area contributed by atoms with Gasteiger partial charge in [0.05, 0.1) is 23.4 Å². The number of carbonyl (C=O) groups excluding carboxylic acids is 2. The number of aliphatic hydroxyl groups is 1. The van der Waals surface area contributed by atoms with E-state index >= 15 is 0 Å². The van der Waals surface area contributed by atoms with Crippen LogP contribution < -0.4 is 10.2 Å². The molecule has 2 aromatic carbocycles. The molecule has 1 heterocycles. The highest BCUT2D eigenvalue weighted by Crippen LogP contribution is 2.37. The van der Waals surface area contributed by atoms with Crippen LogP contribution in [-0.2, 0) is 9.59 Å². The number of benzodiazepines with no additional fused rings is 1. The molecule has 1 unspecified atom stereocenters. The second kappa shape index (κ2) is 10.3. The molecule has 1 saturated carbocycles. The number of aliphatic imine (C=N–C) groups is 1. The Hall–Kier alpha value is -2.99. The minimum Gasteiger partial charge on any atom is -0.392 e. The average molecular weight is 448 g/mol. The predicted molar refractivity (Wildman–Crippen MR) is 130 cm³/mol. The number of fused-ring (bicyclic) bond motifs is 1. The Morgan fingerprint density at radius 3 is 2.55 bits per heavy atom. The highest BCUT2D eigenvalue weighted by atomic mass is 16.3. The molecule has 4 rings (SSSR count). The van der Waals surface area contributed by atoms with E-state index in [1.807, 2.05) is 54.6 Å². The lowest BCUT2D eigenvalue weighted by Gasteiger charge is -2.25. The van der Waals surface area contributed by atoms with Crippen LogP contribution in [-0.4, -0.2) is 41.9 Å². The van der Waals surface area contributed by atoms with Crippen LogP contribution in [0.2, 0.25) is 0 Å². The first-order valence-electron chi connectivity index (χ1n) is 12.0. The molecular formula is C27H33N3O3. The second-order valence-electron chi connectivity index (χ2n) is 9.16. The van der Waals surface area contributed by atoms with Crippen LogP contribution in [0.15, 0.2) is 59.6 Å². The van der Waals surface area contributed by atoms with Gasteiger partial charge >= 0.3 is 0 Å². The largest absolute Gasteiger partial charge is 0.392 e. The third kappa shape index (κ3) is 5.33. The van der Waals surface area contributed by atoms with Crippen molar-refractivity contribution in [2.75, 3.05) is 11.9 Å². The van der Waals surface area contributed by atoms with Crippen molar-refractivity contribution < 1.29 is 14.7 Å². The molecule has 0 spiro atoms. The van der Waals surface area contributed by atoms with Crippen molar-refractivity contribution in [3.63, 3.8) is 0 Å². The molecule has 6 heteroatoms. The average Bonchev–Trinajstić information content (AvgIpc) is 3.67. The normalized spacial score (nSPS) is 19.8. The quantitative estimate of drug-likeness (QED) is 0.611. The fraction of sp³-hybridized carbons (Fsp3) is 0.444. The van der Waals surface area contributed by atoms with Gasteiger partial charge in [0.25, 0.3) is 5.91 Å². The van der Waals surface area contributed by atoms with E-state index in [2.05, 4.69) is 12.2 Å². The number of aliphatic hydroxyl groups excluding tert-OH is 1. The van der Waals surface area contributed by atoms with E-state index in [0.717, 1.165) is 42.5 Å². The van der Waals surface area contributed by atoms with Gasteiger partial charge in [0, 0.05) is 18.2 Å². The number of unbranched alkanes of at least 4 members (excludes halogenated alkanes) is 1. The SMILES string of the molecule is CCCCC(O)[C@@H](CC1CC1)C(=O)N[C@H]1N=C(c2ccccc2)c2ccccc2N(C)C1=O. The van der Waals surface area contributed by atoms with E-state index in [1.54, 1.807) is 11.9 Å². The molecule has 33 heavy (non-hydrogen) atoms. The van der Waals surface area contributed by atoms with Gasteiger partial charge in [-0.15, -0.1) is 0 Å². The fourth-order valence-corrected chi connectivity index (χ4v) is 4.45. The molecule has 0 radical (unpaired) electrons. The topological polar surface area (TPSA) is 82.0 Å². The first-order chi connectivity index (χ1) is 16.0. The Labute approximate surface area is 195 Å². The van der Waals surface area contributed by atoms with Gasteiger partial charge in [0.15, 0.2) is 0 Å². The highest BCUT2D eigenvalue weighted by Gasteiger charge is 2.37. The van der Waals surface area contributed by atoms with Gasteiger partial charge in [0.2, 0.25) is 12.1 Å². The highest BCUT2D eigenvalue weighted by molar-refractivity contribution is 6.20. The Morgan fingerprint density at radius 2 is 1.85 bits per heavy atom. The molecule has 2 aromatic rings. The van der Waals surface area contributed by atoms with Crippen molar-refractivity contribution >= 4 is 23.2 Å². The van der Waals surface area contributed by atoms with Gasteiger partial charge in [0.1, 0.15) is 0 Å². The number of nitrogens with one attached hydrogen (secondary N) is 1. The zero-order valence-corrected chi connectivity index (χ0v) is 19.4. The molecule has 1 aliphatic carbocycles. The lowest BCUT2D eigenvalue weighted by Crippen LogP contribution is -2.49. The Balaban J connectivity index is 1.65. The van der Waals surface area contributed by atoms with E-state index in [0.29, 0.717) is 24.5 Å². The number of nitrogens with zero attached hydrogens (tertiary/aromatic N) is 2. The van der Waals surface area contributed by atoms with E-state index < -0.39 is 18.2 Å². The number of hydrogen-bond donors (Lipinski definition) is 2. The predicted octanol–water partition coefficient (Wildman–Crippen LogP) is 3.91. The summed E-state index contributed by atoms with van der Waals surface area (Å²) in [4.78, 5) is 33.0. The molecule has 2 N–H and O–H groups in total. The van der Waals surface area contributed by atoms with Gasteiger partial charge in [-0.2, -0.15) is 0 Å². The summed E-state index contributed by atoms with van der Waals surface area (Å²) in [5, 5.41) is 13.7. The number of likely N-dealkylation sites (N-methyl/N-ethyl adjacent to an activating group) is 1. The summed E-state index contributed by atoms with van der Waals surface area (Å²) >= 11 is 0. The summed E-state index contributed by atoms with van der Waals surface area (Å²) in [5.41, 5.74) is 3.14. The summed E-state index contributed by atoms with van der Waals surface area (Å²) in [7, 11) is 1.71. The fourth-order valence-electron chi connectivity index (χ4n) is 4.45. The van der Waals surface area contributed by atoms with Crippen molar-refractivity contribution in [3.05, 3.63) is 65.7 Å². The molecule has 2 aliphatic rings. The third-order valence-corrected chi connectivity index (χ3v) is 6.61. The lowest BCUT2D eigenvalue weighted by molar-refractivity contribution is -0.133. The summed E-state index contributed by atoms with van der Waals surface area (Å²) in [5.74, 6) is -0.630. The molecular weight excluding hydrogens is 414 g/mol. The van der Waals surface area contributed by atoms with Crippen LogP contribution in [0, 0.1) is 11.8 Å². The van der Waals surface area contributed by atoms with Gasteiger partial charge in [-0.25, -0.2) is 4.99 Å². The molecule has 2 amide bonds. The van der Waals surface area contributed by atoms with Crippen LogP contribution in [0.5, 0.6) is 0 Å². The van der Waals surface area contributed by atoms with Crippen LogP contribution in [0.4, 0.5) is 5.69 Å². The van der Waals surface area contributed by atoms with Crippen molar-refractivity contribution in [2.24, 2.45) is 16.8 Å². The molecule has 0 saturated heterocycles. The summed E-state index contributed by atoms with van der Waals surface area (Å²) < 4.78 is 0. The minimum atomic E-state index is -1.05. The number of carbonyl (C=O) groups is 2. The van der Waals surface area contributed by atoms with E-state index in [4.69, 9.17) is 4.99 Å². The first kappa shape index (κ1) is 23.2. The zero-order chi connectivity index (χ0) is 23.4. The number of anilines is 1. The van der Waals surface area contributed by atoms with Crippen LogP contribution in [0.25, 0.3) is 0 Å². The molecule has 174 valence electrons. The van der Waals surface area contributed by atoms with E-state index in [-0.39, 0.29) is 11.8 Å². The monoisotopic (exact) mass is 447 g/mol. The molecule has 3 atom stereocenters. The van der Waals surface area contributed by atoms with Crippen LogP contribution >= 0.6 is 0 Å². The van der Waals surface area contributed by atoms with Crippen molar-refractivity contribution in [3.8, 4) is 0 Å². The van der Waals surface area contributed by atoms with Gasteiger partial charge in [-0.3, -0.25) is 9.59 Å². The summed E-state index contributed by atoms with van der Waals surface area (Å²) in [6, 6.07) is 17.3. The standard InChI is InChI=1S/C27H33N3O3/c1-3-4-14-23(31)21(17-18-15-16-18)26(32)29-25-27(33)30(2)22-13-9-8-12-20(22)24(28-25)19-10-6-5-7-11-19/h5-13,18,21,23,25,31H,3-4,14-17H2,1-2H3,(H,29,32)/t21-,23?,25-/m1/s1. The third-order valence-electron chi connectivity index (χ3n) is 6.61. The molecule has 0 aromatic heterocycles. The van der Waals surface area contributed by atoms with Crippen molar-refractivity contribution in [1.82, 2.24) is 5.32 Å². The maximum absolute atomic E-state index is 13.4. The molecule has 1 fully saturated rings. The number of rotatable bonds is 9. The Kier molecular flexibility index (Phi) is 7.23. The van der Waals surface area contributed by atoms with E-state index in [1.165, 1.54) is 0 Å². The number of para-hydroxylation sites is 1. The lowest BCUT2D eigenvalue weighted by atomic mass is 9.91. The number of benzene rings is 2. The summed E-state index contributed by atoms with van der Waals surface area (Å²) in [6.45, 7) is 2.07. The molecule has 1 aliphatic heterocycles. The van der Waals surface area contributed by atoms with E-state index in [9.17, 15) is 14.7 Å². The zero-order valence-electron chi connectivity index (χ0n) is 19.4. The van der Waals surface area contributed by atoms with Crippen LogP contribution in [0.1, 0.15) is 56.6 Å².